The summed E-state index contributed by atoms with van der Waals surface area (Å²) in [6.07, 6.45) is 0. The van der Waals surface area contributed by atoms with Gasteiger partial charge in [-0.1, -0.05) is 170 Å². The van der Waals surface area contributed by atoms with Crippen molar-refractivity contribution in [3.05, 3.63) is 198 Å². The van der Waals surface area contributed by atoms with Crippen LogP contribution in [0.5, 0.6) is 0 Å². The maximum Gasteiger partial charge on any atom is 0.164 e. The first kappa shape index (κ1) is 28.2. The zero-order valence-electron chi connectivity index (χ0n) is 27.6. The molecule has 1 heterocycles. The third kappa shape index (κ3) is 3.92. The monoisotopic (exact) mass is 647 g/mol. The highest BCUT2D eigenvalue weighted by Gasteiger charge is 2.52. The molecule has 0 atom stereocenters. The van der Waals surface area contributed by atoms with Crippen LogP contribution >= 0.6 is 0 Å². The molecule has 0 amide bonds. The molecule has 0 N–H and O–H groups in total. The molecule has 0 saturated heterocycles. The van der Waals surface area contributed by atoms with Crippen molar-refractivity contribution in [3.63, 3.8) is 0 Å². The van der Waals surface area contributed by atoms with Gasteiger partial charge in [0.25, 0.3) is 0 Å². The second kappa shape index (κ2) is 10.6. The van der Waals surface area contributed by atoms with Crippen molar-refractivity contribution in [2.24, 2.45) is 0 Å². The molecule has 0 bridgehead atoms. The van der Waals surface area contributed by atoms with Crippen molar-refractivity contribution >= 4 is 21.5 Å². The summed E-state index contributed by atoms with van der Waals surface area (Å²) in [6.45, 7) is 0. The van der Waals surface area contributed by atoms with Crippen LogP contribution in [0.3, 0.4) is 0 Å². The molecule has 8 aromatic carbocycles. The van der Waals surface area contributed by atoms with Gasteiger partial charge in [0.1, 0.15) is 0 Å². The minimum Gasteiger partial charge on any atom is -0.208 e. The van der Waals surface area contributed by atoms with E-state index >= 15 is 0 Å². The second-order valence-electron chi connectivity index (χ2n) is 13.5. The highest BCUT2D eigenvalue weighted by Crippen LogP contribution is 2.65. The predicted molar refractivity (Wildman–Crippen MR) is 207 cm³/mol. The lowest BCUT2D eigenvalue weighted by atomic mass is 9.70. The molecule has 0 fully saturated rings. The van der Waals surface area contributed by atoms with Gasteiger partial charge in [-0.2, -0.15) is 0 Å². The maximum absolute atomic E-state index is 5.14. The van der Waals surface area contributed by atoms with E-state index in [2.05, 4.69) is 140 Å². The van der Waals surface area contributed by atoms with E-state index in [4.69, 9.17) is 15.0 Å². The van der Waals surface area contributed by atoms with Gasteiger partial charge in [-0.05, 0) is 72.1 Å². The Morgan fingerprint density at radius 1 is 0.314 bits per heavy atom. The molecule has 3 nitrogen and oxygen atoms in total. The molecule has 0 saturated carbocycles. The zero-order valence-corrected chi connectivity index (χ0v) is 27.6. The lowest BCUT2D eigenvalue weighted by Gasteiger charge is -2.31. The van der Waals surface area contributed by atoms with Crippen LogP contribution in [0.4, 0.5) is 0 Å². The van der Waals surface area contributed by atoms with Gasteiger partial charge in [-0.15, -0.1) is 0 Å². The van der Waals surface area contributed by atoms with Gasteiger partial charge in [0, 0.05) is 16.7 Å². The number of hydrogen-bond acceptors (Lipinski definition) is 3. The van der Waals surface area contributed by atoms with Gasteiger partial charge in [0.2, 0.25) is 0 Å². The third-order valence-corrected chi connectivity index (χ3v) is 10.9. The zero-order chi connectivity index (χ0) is 33.5. The van der Waals surface area contributed by atoms with Crippen molar-refractivity contribution < 1.29 is 0 Å². The summed E-state index contributed by atoms with van der Waals surface area (Å²) in [5.74, 6) is 1.98. The summed E-state index contributed by atoms with van der Waals surface area (Å²) in [6, 6.07) is 63.2. The molecular formula is C48H29N3. The van der Waals surface area contributed by atoms with Crippen LogP contribution < -0.4 is 0 Å². The summed E-state index contributed by atoms with van der Waals surface area (Å²) in [5, 5.41) is 5.06. The lowest BCUT2D eigenvalue weighted by molar-refractivity contribution is 0.795. The molecule has 51 heavy (non-hydrogen) atoms. The summed E-state index contributed by atoms with van der Waals surface area (Å²) in [5.41, 5.74) is 12.7. The molecule has 3 heteroatoms. The van der Waals surface area contributed by atoms with Crippen LogP contribution in [-0.4, -0.2) is 15.0 Å². The Labute approximate surface area is 295 Å². The van der Waals surface area contributed by atoms with Crippen molar-refractivity contribution in [2.75, 3.05) is 0 Å². The van der Waals surface area contributed by atoms with Crippen LogP contribution in [0.15, 0.2) is 176 Å². The van der Waals surface area contributed by atoms with Crippen LogP contribution in [0, 0.1) is 0 Å². The van der Waals surface area contributed by atoms with Crippen molar-refractivity contribution in [3.8, 4) is 56.4 Å². The quantitative estimate of drug-likeness (QED) is 0.192. The Kier molecular flexibility index (Phi) is 5.88. The van der Waals surface area contributed by atoms with Crippen molar-refractivity contribution in [2.45, 2.75) is 5.41 Å². The second-order valence-corrected chi connectivity index (χ2v) is 13.5. The molecule has 1 spiro atoms. The van der Waals surface area contributed by atoms with Gasteiger partial charge in [-0.3, -0.25) is 0 Å². The highest BCUT2D eigenvalue weighted by molar-refractivity contribution is 6.13. The first-order valence-electron chi connectivity index (χ1n) is 17.5. The number of aromatic nitrogens is 3. The number of rotatable bonds is 3. The Balaban J connectivity index is 1.23. The van der Waals surface area contributed by atoms with E-state index in [0.717, 1.165) is 16.7 Å². The molecular weight excluding hydrogens is 619 g/mol. The Morgan fingerprint density at radius 2 is 0.784 bits per heavy atom. The molecule has 1 aromatic heterocycles. The molecule has 11 rings (SSSR count). The SMILES string of the molecule is c1ccc(-c2nc(-c3ccccc3)nc(-c3ccc4c(c3)C3(c5ccccc5-4)c4ccc5ccccc5c4-c4c3ccc3ccccc43)n2)cc1. The van der Waals surface area contributed by atoms with Crippen molar-refractivity contribution in [1.82, 2.24) is 15.0 Å². The standard InChI is InChI=1S/C48H29N3/c1-3-15-32(16-4-1)45-49-46(33-17-5-2-6-18-33)51-47(50-45)34-23-26-38-37-21-11-12-22-39(37)48(42(38)29-34)40-27-24-30-13-7-9-19-35(30)43(40)44-36-20-10-8-14-31(36)25-28-41(44)48/h1-29H. The van der Waals surface area contributed by atoms with E-state index in [1.807, 2.05) is 36.4 Å². The van der Waals surface area contributed by atoms with Gasteiger partial charge in [0.05, 0.1) is 5.41 Å². The van der Waals surface area contributed by atoms with Crippen LogP contribution in [0.25, 0.3) is 78.0 Å². The molecule has 0 unspecified atom stereocenters. The summed E-state index contributed by atoms with van der Waals surface area (Å²) >= 11 is 0. The van der Waals surface area contributed by atoms with E-state index in [1.54, 1.807) is 0 Å². The number of fused-ring (bicyclic) bond motifs is 14. The molecule has 0 radical (unpaired) electrons. The fourth-order valence-corrected chi connectivity index (χ4v) is 8.79. The largest absolute Gasteiger partial charge is 0.208 e. The van der Waals surface area contributed by atoms with Gasteiger partial charge in [-0.25, -0.2) is 15.0 Å². The fourth-order valence-electron chi connectivity index (χ4n) is 8.79. The number of benzene rings is 8. The minimum absolute atomic E-state index is 0.516. The molecule has 236 valence electrons. The summed E-state index contributed by atoms with van der Waals surface area (Å²) in [4.78, 5) is 15.2. The third-order valence-electron chi connectivity index (χ3n) is 10.9. The van der Waals surface area contributed by atoms with E-state index in [1.165, 1.54) is 66.1 Å². The fraction of sp³-hybridized carbons (Fsp3) is 0.0208. The predicted octanol–water partition coefficient (Wildman–Crippen LogP) is 11.5. The topological polar surface area (TPSA) is 38.7 Å². The Hall–Kier alpha value is -6.71. The van der Waals surface area contributed by atoms with Gasteiger partial charge >= 0.3 is 0 Å². The maximum atomic E-state index is 5.14. The molecule has 2 aliphatic carbocycles. The number of hydrogen-bond donors (Lipinski definition) is 0. The number of nitrogens with zero attached hydrogens (tertiary/aromatic N) is 3. The van der Waals surface area contributed by atoms with E-state index in [0.29, 0.717) is 17.5 Å². The van der Waals surface area contributed by atoms with Crippen molar-refractivity contribution in [1.29, 1.82) is 0 Å². The first-order chi connectivity index (χ1) is 25.3. The van der Waals surface area contributed by atoms with Gasteiger partial charge < -0.3 is 0 Å². The molecule has 2 aliphatic rings. The van der Waals surface area contributed by atoms with E-state index in [-0.39, 0.29) is 0 Å². The smallest absolute Gasteiger partial charge is 0.164 e. The Morgan fingerprint density at radius 3 is 1.37 bits per heavy atom. The lowest BCUT2D eigenvalue weighted by Crippen LogP contribution is -2.26. The average Bonchev–Trinajstić information content (AvgIpc) is 3.69. The molecule has 9 aromatic rings. The minimum atomic E-state index is -0.516. The highest BCUT2D eigenvalue weighted by atomic mass is 15.0. The van der Waals surface area contributed by atoms with Crippen LogP contribution in [0.1, 0.15) is 22.3 Å². The van der Waals surface area contributed by atoms with E-state index in [9.17, 15) is 0 Å². The van der Waals surface area contributed by atoms with E-state index < -0.39 is 5.41 Å². The molecule has 0 aliphatic heterocycles. The Bertz CT molecular complexity index is 2710. The first-order valence-corrected chi connectivity index (χ1v) is 17.5. The average molecular weight is 648 g/mol. The van der Waals surface area contributed by atoms with Crippen LogP contribution in [0.2, 0.25) is 0 Å². The summed E-state index contributed by atoms with van der Waals surface area (Å²) < 4.78 is 0. The normalized spacial score (nSPS) is 13.3. The summed E-state index contributed by atoms with van der Waals surface area (Å²) in [7, 11) is 0. The van der Waals surface area contributed by atoms with Crippen LogP contribution in [-0.2, 0) is 5.41 Å². The van der Waals surface area contributed by atoms with Gasteiger partial charge in [0.15, 0.2) is 17.5 Å².